The van der Waals surface area contributed by atoms with Crippen LogP contribution < -0.4 is 19.2 Å². The third-order valence-electron chi connectivity index (χ3n) is 9.82. The molecule has 0 spiro atoms. The average Bonchev–Trinajstić information content (AvgIpc) is 4.02. The van der Waals surface area contributed by atoms with E-state index in [-0.39, 0.29) is 5.56 Å². The predicted molar refractivity (Wildman–Crippen MR) is 208 cm³/mol. The van der Waals surface area contributed by atoms with Crippen LogP contribution in [0.15, 0.2) is 190 Å². The molecule has 0 N–H and O–H groups in total. The Bertz CT molecular complexity index is 2650. The number of carboxylic acids is 1. The third kappa shape index (κ3) is 5.87. The lowest BCUT2D eigenvalue weighted by molar-refractivity contribution is -0.671. The standard InChI is InChI=1S/C45H33N7O2/c1-50-22-16-29(17-23-50)42-35-10-8-33(46-35)41(28-4-6-32(7-5-28)45(53)54)34-9-11-36(47-34)43(30-18-24-51(2)25-19-30)38-13-15-40(49-38)44(39-14-12-37(42)48-39)31-20-26-52(3)27-21-31/h4-27H,1-3H3. The second-order valence-electron chi connectivity index (χ2n) is 13.5. The Kier molecular flexibility index (Phi) is 7.89. The number of carbonyl (C=O) groups excluding carboxylic acids is 1. The molecule has 4 aromatic rings. The number of nitrogens with zero attached hydrogens (tertiary/aromatic N) is 7. The van der Waals surface area contributed by atoms with Gasteiger partial charge in [0.25, 0.3) is 0 Å². The molecule has 0 unspecified atom stereocenters. The Labute approximate surface area is 312 Å². The smallest absolute Gasteiger partial charge is 0.169 e. The Balaban J connectivity index is 1.35. The van der Waals surface area contributed by atoms with Gasteiger partial charge in [0.1, 0.15) is 14.1 Å². The van der Waals surface area contributed by atoms with Crippen molar-refractivity contribution in [3.05, 3.63) is 208 Å². The van der Waals surface area contributed by atoms with E-state index in [1.807, 2.05) is 109 Å². The van der Waals surface area contributed by atoms with E-state index in [2.05, 4.69) is 48.6 Å². The molecule has 9 heteroatoms. The summed E-state index contributed by atoms with van der Waals surface area (Å²) in [7, 11) is 5.98. The summed E-state index contributed by atoms with van der Waals surface area (Å²) in [5.74, 6) is -1.23. The van der Waals surface area contributed by atoms with Gasteiger partial charge in [0, 0.05) is 54.9 Å². The number of aliphatic imine (C=N–C) groups is 3. The Morgan fingerprint density at radius 2 is 0.981 bits per heavy atom. The minimum absolute atomic E-state index is 0.0947. The molecule has 0 fully saturated rings. The third-order valence-corrected chi connectivity index (χ3v) is 9.82. The van der Waals surface area contributed by atoms with Crippen molar-refractivity contribution in [1.82, 2.24) is 9.88 Å². The predicted octanol–water partition coefficient (Wildman–Crippen LogP) is 4.90. The first-order valence-electron chi connectivity index (χ1n) is 17.5. The number of carboxylic acid groups (broad SMARTS) is 1. The van der Waals surface area contributed by atoms with Crippen molar-refractivity contribution in [3.8, 4) is 0 Å². The molecule has 54 heavy (non-hydrogen) atoms. The quantitative estimate of drug-likeness (QED) is 0.282. The molecule has 3 aromatic heterocycles. The Morgan fingerprint density at radius 3 is 1.44 bits per heavy atom. The van der Waals surface area contributed by atoms with Crippen molar-refractivity contribution in [3.63, 3.8) is 0 Å². The van der Waals surface area contributed by atoms with Crippen LogP contribution in [0.4, 0.5) is 0 Å². The lowest BCUT2D eigenvalue weighted by Crippen LogP contribution is -2.26. The number of hydrogen-bond donors (Lipinski definition) is 0. The number of rotatable bonds is 4. The molecule has 0 radical (unpaired) electrons. The first kappa shape index (κ1) is 32.6. The number of aryl methyl sites for hydroxylation is 2. The summed E-state index contributed by atoms with van der Waals surface area (Å²) >= 11 is 0. The van der Waals surface area contributed by atoms with Gasteiger partial charge in [0.2, 0.25) is 0 Å². The summed E-state index contributed by atoms with van der Waals surface area (Å²) in [6, 6.07) is 19.1. The lowest BCUT2D eigenvalue weighted by Gasteiger charge is -2.19. The number of benzene rings is 1. The molecule has 0 atom stereocenters. The maximum absolute atomic E-state index is 11.7. The van der Waals surface area contributed by atoms with Crippen molar-refractivity contribution < 1.29 is 19.0 Å². The zero-order valence-corrected chi connectivity index (χ0v) is 29.8. The van der Waals surface area contributed by atoms with Crippen LogP contribution >= 0.6 is 0 Å². The molecule has 9 nitrogen and oxygen atoms in total. The second-order valence-corrected chi connectivity index (χ2v) is 13.5. The van der Waals surface area contributed by atoms with Gasteiger partial charge < -0.3 is 19.8 Å². The van der Waals surface area contributed by atoms with Gasteiger partial charge in [-0.25, -0.2) is 24.1 Å². The number of pyridine rings is 2. The van der Waals surface area contributed by atoms with Gasteiger partial charge in [-0.2, -0.15) is 0 Å². The molecule has 0 aliphatic carbocycles. The first-order chi connectivity index (χ1) is 26.3. The van der Waals surface area contributed by atoms with Crippen LogP contribution in [0, 0.1) is 0 Å². The highest BCUT2D eigenvalue weighted by Crippen LogP contribution is 2.38. The van der Waals surface area contributed by atoms with E-state index in [4.69, 9.17) is 20.0 Å². The Hall–Kier alpha value is -7.26. The van der Waals surface area contributed by atoms with Crippen molar-refractivity contribution in [2.75, 3.05) is 7.05 Å². The molecule has 9 rings (SSSR count). The van der Waals surface area contributed by atoms with Crippen molar-refractivity contribution in [2.45, 2.75) is 0 Å². The van der Waals surface area contributed by atoms with Gasteiger partial charge in [0.05, 0.1) is 40.2 Å². The molecule has 260 valence electrons. The van der Waals surface area contributed by atoms with E-state index in [0.29, 0.717) is 11.4 Å². The van der Waals surface area contributed by atoms with Gasteiger partial charge in [-0.3, -0.25) is 0 Å². The summed E-state index contributed by atoms with van der Waals surface area (Å²) < 4.78 is 4.00. The SMILES string of the molecule is CN1C=CC(=C2C3=NC(=C(c4ccc(C(=O)[O-])cc4)C4=NC(=C(c5cc[n+](C)cc5)c5ccc([n-]5)C(c5cc[n+](C)cc5)=C5C=CC2=N5)C=C4)C=C3)C=C1. The minimum Gasteiger partial charge on any atom is -0.657 e. The number of aromatic nitrogens is 3. The molecular weight excluding hydrogens is 671 g/mol. The zero-order chi connectivity index (χ0) is 36.9. The number of allylic oxidation sites excluding steroid dienone is 11. The number of fused-ring (bicyclic) bond motifs is 5. The van der Waals surface area contributed by atoms with Crippen LogP contribution in [0.5, 0.6) is 0 Å². The highest BCUT2D eigenvalue weighted by atomic mass is 16.4. The van der Waals surface area contributed by atoms with E-state index >= 15 is 0 Å². The fourth-order valence-electron chi connectivity index (χ4n) is 7.05. The van der Waals surface area contributed by atoms with E-state index < -0.39 is 5.97 Å². The maximum Gasteiger partial charge on any atom is 0.169 e. The molecule has 8 bridgehead atoms. The van der Waals surface area contributed by atoms with Crippen LogP contribution in [-0.4, -0.2) is 35.1 Å². The number of carbonyl (C=O) groups is 1. The summed E-state index contributed by atoms with van der Waals surface area (Å²) in [5, 5.41) is 11.7. The molecule has 0 saturated heterocycles. The van der Waals surface area contributed by atoms with Crippen molar-refractivity contribution >= 4 is 39.8 Å². The van der Waals surface area contributed by atoms with E-state index in [0.717, 1.165) is 78.8 Å². The highest BCUT2D eigenvalue weighted by molar-refractivity contribution is 6.36. The molecule has 0 amide bonds. The largest absolute Gasteiger partial charge is 0.657 e. The van der Waals surface area contributed by atoms with Crippen molar-refractivity contribution in [1.29, 1.82) is 0 Å². The van der Waals surface area contributed by atoms with E-state index in [9.17, 15) is 9.90 Å². The fraction of sp³-hybridized carbons (Fsp3) is 0.0667. The first-order valence-corrected chi connectivity index (χ1v) is 17.5. The Morgan fingerprint density at radius 1 is 0.556 bits per heavy atom. The summed E-state index contributed by atoms with van der Waals surface area (Å²) in [4.78, 5) is 34.8. The van der Waals surface area contributed by atoms with Crippen molar-refractivity contribution in [2.24, 2.45) is 29.1 Å². The molecule has 5 aliphatic heterocycles. The number of hydrogen-bond acceptors (Lipinski definition) is 6. The lowest BCUT2D eigenvalue weighted by atomic mass is 9.97. The van der Waals surface area contributed by atoms with Gasteiger partial charge in [-0.1, -0.05) is 36.4 Å². The van der Waals surface area contributed by atoms with Gasteiger partial charge in [-0.05, 0) is 87.6 Å². The van der Waals surface area contributed by atoms with Crippen LogP contribution in [0.25, 0.3) is 16.7 Å². The zero-order valence-electron chi connectivity index (χ0n) is 29.8. The second kappa shape index (κ2) is 13.1. The highest BCUT2D eigenvalue weighted by Gasteiger charge is 2.26. The molecule has 5 aliphatic rings. The molecular formula is C45H33N7O2. The summed E-state index contributed by atoms with van der Waals surface area (Å²) in [6.07, 6.45) is 28.4. The summed E-state index contributed by atoms with van der Waals surface area (Å²) in [6.45, 7) is 0. The normalized spacial score (nSPS) is 17.3. The molecule has 0 saturated carbocycles. The molecule has 1 aromatic carbocycles. The minimum atomic E-state index is -1.23. The van der Waals surface area contributed by atoms with Crippen LogP contribution in [-0.2, 0) is 14.1 Å². The van der Waals surface area contributed by atoms with Crippen LogP contribution in [0.1, 0.15) is 38.4 Å². The molecule has 8 heterocycles. The maximum atomic E-state index is 11.7. The average molecular weight is 704 g/mol. The topological polar surface area (TPSA) is 102 Å². The van der Waals surface area contributed by atoms with Crippen LogP contribution in [0.3, 0.4) is 0 Å². The van der Waals surface area contributed by atoms with Gasteiger partial charge in [-0.15, -0.1) is 11.4 Å². The monoisotopic (exact) mass is 703 g/mol. The van der Waals surface area contributed by atoms with Gasteiger partial charge in [0.15, 0.2) is 24.8 Å². The van der Waals surface area contributed by atoms with E-state index in [1.165, 1.54) is 0 Å². The van der Waals surface area contributed by atoms with E-state index in [1.54, 1.807) is 24.3 Å². The summed E-state index contributed by atoms with van der Waals surface area (Å²) in [5.41, 5.74) is 13.3. The van der Waals surface area contributed by atoms with Crippen LogP contribution in [0.2, 0.25) is 0 Å². The van der Waals surface area contributed by atoms with Gasteiger partial charge >= 0.3 is 0 Å². The fourth-order valence-corrected chi connectivity index (χ4v) is 7.05. The number of aromatic carboxylic acids is 1.